The number of methoxy groups -OCH3 is 2. The lowest BCUT2D eigenvalue weighted by Gasteiger charge is -2.15. The number of aromatic nitrogens is 1. The second-order valence-electron chi connectivity index (χ2n) is 5.68. The molecule has 0 atom stereocenters. The van der Waals surface area contributed by atoms with Crippen LogP contribution in [-0.4, -0.2) is 60.8 Å². The fraction of sp³-hybridized carbons (Fsp3) is 0.278. The van der Waals surface area contributed by atoms with E-state index in [1.807, 2.05) is 12.1 Å². The number of anilines is 1. The van der Waals surface area contributed by atoms with Gasteiger partial charge in [0.15, 0.2) is 0 Å². The highest BCUT2D eigenvalue weighted by molar-refractivity contribution is 6.08. The summed E-state index contributed by atoms with van der Waals surface area (Å²) in [6.07, 6.45) is 0. The molecule has 3 rings (SSSR count). The van der Waals surface area contributed by atoms with Crippen molar-refractivity contribution in [3.63, 3.8) is 0 Å². The lowest BCUT2D eigenvalue weighted by molar-refractivity contribution is -0.136. The molecule has 0 saturated heterocycles. The Hall–Kier alpha value is -3.13. The highest BCUT2D eigenvalue weighted by atomic mass is 16.5. The minimum Gasteiger partial charge on any atom is -0.481 e. The zero-order valence-corrected chi connectivity index (χ0v) is 14.5. The number of carbonyl (C=O) groups is 2. The number of amides is 1. The van der Waals surface area contributed by atoms with Crippen LogP contribution in [-0.2, 0) is 14.3 Å². The molecule has 2 heterocycles. The van der Waals surface area contributed by atoms with E-state index in [-0.39, 0.29) is 36.9 Å². The molecule has 1 amide bonds. The summed E-state index contributed by atoms with van der Waals surface area (Å²) in [6, 6.07) is 8.99. The Labute approximate surface area is 150 Å². The molecule has 26 heavy (non-hydrogen) atoms. The van der Waals surface area contributed by atoms with Gasteiger partial charge in [-0.2, -0.15) is 0 Å². The first-order valence-electron chi connectivity index (χ1n) is 8.00. The number of rotatable bonds is 6. The van der Waals surface area contributed by atoms with E-state index in [1.54, 1.807) is 25.3 Å². The normalized spacial score (nSPS) is 14.1. The number of carbonyl (C=O) groups excluding carboxylic acids is 2. The van der Waals surface area contributed by atoms with E-state index in [1.165, 1.54) is 12.0 Å². The first kappa shape index (κ1) is 17.7. The standard InChI is InChI=1S/C18H19N3O5/c1-25-15-6-3-11-9-12(4-5-14(11)20-15)19-16-13(18(24)26-2)10-21(7-8-22)17(16)23/h3-6,9,19,22H,7-8,10H2,1-2H3. The van der Waals surface area contributed by atoms with Crippen molar-refractivity contribution in [2.24, 2.45) is 0 Å². The molecule has 8 heteroatoms. The van der Waals surface area contributed by atoms with Crippen LogP contribution in [0.1, 0.15) is 0 Å². The monoisotopic (exact) mass is 357 g/mol. The van der Waals surface area contributed by atoms with Crippen LogP contribution >= 0.6 is 0 Å². The van der Waals surface area contributed by atoms with Gasteiger partial charge in [-0.25, -0.2) is 9.78 Å². The molecular weight excluding hydrogens is 338 g/mol. The van der Waals surface area contributed by atoms with E-state index in [0.717, 1.165) is 10.9 Å². The first-order chi connectivity index (χ1) is 12.6. The van der Waals surface area contributed by atoms with Crippen molar-refractivity contribution in [2.75, 3.05) is 39.2 Å². The van der Waals surface area contributed by atoms with Crippen LogP contribution in [0.25, 0.3) is 10.9 Å². The van der Waals surface area contributed by atoms with Crippen molar-refractivity contribution in [1.29, 1.82) is 0 Å². The van der Waals surface area contributed by atoms with Gasteiger partial charge in [0.1, 0.15) is 5.70 Å². The predicted molar refractivity (Wildman–Crippen MR) is 94.6 cm³/mol. The van der Waals surface area contributed by atoms with Crippen molar-refractivity contribution in [3.8, 4) is 5.88 Å². The van der Waals surface area contributed by atoms with Gasteiger partial charge < -0.3 is 24.8 Å². The SMILES string of the molecule is COC(=O)C1=C(Nc2ccc3nc(OC)ccc3c2)C(=O)N(CCO)C1. The molecule has 0 radical (unpaired) electrons. The highest BCUT2D eigenvalue weighted by Gasteiger charge is 2.34. The molecule has 8 nitrogen and oxygen atoms in total. The summed E-state index contributed by atoms with van der Waals surface area (Å²) < 4.78 is 9.88. The Balaban J connectivity index is 1.92. The largest absolute Gasteiger partial charge is 0.481 e. The molecule has 0 fully saturated rings. The van der Waals surface area contributed by atoms with Crippen LogP contribution in [0.4, 0.5) is 5.69 Å². The molecule has 1 aromatic carbocycles. The third-order valence-electron chi connectivity index (χ3n) is 4.10. The number of nitrogens with one attached hydrogen (secondary N) is 1. The molecule has 0 aliphatic carbocycles. The first-order valence-corrected chi connectivity index (χ1v) is 8.00. The molecule has 1 aliphatic rings. The van der Waals surface area contributed by atoms with Gasteiger partial charge in [-0.15, -0.1) is 0 Å². The van der Waals surface area contributed by atoms with Crippen molar-refractivity contribution in [2.45, 2.75) is 0 Å². The van der Waals surface area contributed by atoms with Gasteiger partial charge in [0.25, 0.3) is 5.91 Å². The number of benzene rings is 1. The Morgan fingerprint density at radius 3 is 2.81 bits per heavy atom. The highest BCUT2D eigenvalue weighted by Crippen LogP contribution is 2.25. The van der Waals surface area contributed by atoms with Crippen LogP contribution in [0.15, 0.2) is 41.6 Å². The number of hydrogen-bond acceptors (Lipinski definition) is 7. The molecule has 0 spiro atoms. The van der Waals surface area contributed by atoms with Gasteiger partial charge in [0.2, 0.25) is 5.88 Å². The number of hydrogen-bond donors (Lipinski definition) is 2. The summed E-state index contributed by atoms with van der Waals surface area (Å²) in [5.74, 6) is -0.416. The van der Waals surface area contributed by atoms with E-state index >= 15 is 0 Å². The van der Waals surface area contributed by atoms with Crippen LogP contribution in [0.3, 0.4) is 0 Å². The summed E-state index contributed by atoms with van der Waals surface area (Å²) in [5.41, 5.74) is 1.78. The number of fused-ring (bicyclic) bond motifs is 1. The maximum Gasteiger partial charge on any atom is 0.337 e. The third kappa shape index (κ3) is 3.31. The average molecular weight is 357 g/mol. The molecular formula is C18H19N3O5. The molecule has 0 saturated carbocycles. The third-order valence-corrected chi connectivity index (χ3v) is 4.10. The molecule has 1 aromatic heterocycles. The zero-order valence-electron chi connectivity index (χ0n) is 14.5. The van der Waals surface area contributed by atoms with E-state index in [9.17, 15) is 9.59 Å². The van der Waals surface area contributed by atoms with Crippen molar-refractivity contribution >= 4 is 28.5 Å². The minimum absolute atomic E-state index is 0.0980. The number of aliphatic hydroxyl groups excluding tert-OH is 1. The number of β-amino-alcohol motifs (C(OH)–C–C–N with tert-alkyl or cyclic N) is 1. The number of ether oxygens (including phenoxy) is 2. The topological polar surface area (TPSA) is 101 Å². The van der Waals surface area contributed by atoms with Crippen molar-refractivity contribution < 1.29 is 24.2 Å². The fourth-order valence-corrected chi connectivity index (χ4v) is 2.79. The number of esters is 1. The van der Waals surface area contributed by atoms with Gasteiger partial charge in [0.05, 0.1) is 38.5 Å². The summed E-state index contributed by atoms with van der Waals surface area (Å²) in [5, 5.41) is 13.0. The van der Waals surface area contributed by atoms with Gasteiger partial charge in [-0.1, -0.05) is 0 Å². The number of nitrogens with zero attached hydrogens (tertiary/aromatic N) is 2. The Morgan fingerprint density at radius 2 is 2.12 bits per heavy atom. The number of pyridine rings is 1. The van der Waals surface area contributed by atoms with E-state index < -0.39 is 5.97 Å². The van der Waals surface area contributed by atoms with Crippen LogP contribution in [0.2, 0.25) is 0 Å². The average Bonchev–Trinajstić information content (AvgIpc) is 2.97. The van der Waals surface area contributed by atoms with Crippen LogP contribution in [0, 0.1) is 0 Å². The predicted octanol–water partition coefficient (Wildman–Crippen LogP) is 0.917. The summed E-state index contributed by atoms with van der Waals surface area (Å²) in [7, 11) is 2.82. The summed E-state index contributed by atoms with van der Waals surface area (Å²) in [4.78, 5) is 30.3. The maximum absolute atomic E-state index is 12.5. The second-order valence-corrected chi connectivity index (χ2v) is 5.68. The lowest BCUT2D eigenvalue weighted by Crippen LogP contribution is -2.31. The summed E-state index contributed by atoms with van der Waals surface area (Å²) >= 11 is 0. The molecule has 0 bridgehead atoms. The fourth-order valence-electron chi connectivity index (χ4n) is 2.79. The zero-order chi connectivity index (χ0) is 18.7. The quantitative estimate of drug-likeness (QED) is 0.741. The van der Waals surface area contributed by atoms with Gasteiger partial charge >= 0.3 is 5.97 Å². The van der Waals surface area contributed by atoms with Gasteiger partial charge in [0, 0.05) is 23.7 Å². The smallest absolute Gasteiger partial charge is 0.337 e. The summed E-state index contributed by atoms with van der Waals surface area (Å²) in [6.45, 7) is 0.0592. The Bertz CT molecular complexity index is 894. The van der Waals surface area contributed by atoms with Gasteiger partial charge in [-0.3, -0.25) is 4.79 Å². The molecule has 136 valence electrons. The Morgan fingerprint density at radius 1 is 1.31 bits per heavy atom. The second kappa shape index (κ2) is 7.40. The molecule has 2 N–H and O–H groups in total. The Kier molecular flexibility index (Phi) is 5.04. The molecule has 0 unspecified atom stereocenters. The number of aliphatic hydroxyl groups is 1. The van der Waals surface area contributed by atoms with Gasteiger partial charge in [-0.05, 0) is 24.3 Å². The minimum atomic E-state index is -0.575. The van der Waals surface area contributed by atoms with E-state index in [2.05, 4.69) is 10.3 Å². The van der Waals surface area contributed by atoms with Crippen LogP contribution in [0.5, 0.6) is 5.88 Å². The molecule has 1 aliphatic heterocycles. The van der Waals surface area contributed by atoms with Crippen LogP contribution < -0.4 is 10.1 Å². The van der Waals surface area contributed by atoms with E-state index in [4.69, 9.17) is 14.6 Å². The van der Waals surface area contributed by atoms with Crippen molar-refractivity contribution in [1.82, 2.24) is 9.88 Å². The lowest BCUT2D eigenvalue weighted by atomic mass is 10.2. The maximum atomic E-state index is 12.5. The molecule has 2 aromatic rings. The van der Waals surface area contributed by atoms with E-state index in [0.29, 0.717) is 11.6 Å². The van der Waals surface area contributed by atoms with Crippen molar-refractivity contribution in [3.05, 3.63) is 41.6 Å².